The van der Waals surface area contributed by atoms with Crippen LogP contribution in [0.2, 0.25) is 0 Å². The maximum absolute atomic E-state index is 12.7. The summed E-state index contributed by atoms with van der Waals surface area (Å²) in [5.74, 6) is 0.584. The van der Waals surface area contributed by atoms with Gasteiger partial charge in [0.1, 0.15) is 5.01 Å². The molecule has 0 unspecified atom stereocenters. The molecule has 2 fully saturated rings. The Bertz CT molecular complexity index is 1160. The predicted octanol–water partition coefficient (Wildman–Crippen LogP) is 3.80. The molecule has 1 aromatic heterocycles. The van der Waals surface area contributed by atoms with Crippen LogP contribution in [0.4, 0.5) is 5.69 Å². The Morgan fingerprint density at radius 2 is 1.77 bits per heavy atom. The molecule has 31 heavy (non-hydrogen) atoms. The van der Waals surface area contributed by atoms with Gasteiger partial charge < -0.3 is 5.32 Å². The summed E-state index contributed by atoms with van der Waals surface area (Å²) >= 11 is 1.66. The zero-order valence-corrected chi connectivity index (χ0v) is 18.8. The molecule has 3 aromatic rings. The summed E-state index contributed by atoms with van der Waals surface area (Å²) in [5, 5.41) is 4.02. The highest BCUT2D eigenvalue weighted by atomic mass is 32.2. The number of fused-ring (bicyclic) bond motifs is 1. The highest BCUT2D eigenvalue weighted by Gasteiger charge is 2.35. The maximum Gasteiger partial charge on any atom is 0.227 e. The number of amides is 1. The van der Waals surface area contributed by atoms with Gasteiger partial charge in [-0.15, -0.1) is 11.3 Å². The number of likely N-dealkylation sites (tertiary alicyclic amines) is 1. The smallest absolute Gasteiger partial charge is 0.227 e. The van der Waals surface area contributed by atoms with Crippen molar-refractivity contribution in [2.45, 2.75) is 25.3 Å². The molecule has 1 atom stereocenters. The fourth-order valence-electron chi connectivity index (χ4n) is 4.53. The van der Waals surface area contributed by atoms with Gasteiger partial charge in [0.2, 0.25) is 5.91 Å². The van der Waals surface area contributed by atoms with Crippen molar-refractivity contribution in [2.75, 3.05) is 29.9 Å². The third-order valence-electron chi connectivity index (χ3n) is 6.32. The van der Waals surface area contributed by atoms with Crippen molar-refractivity contribution in [1.29, 1.82) is 0 Å². The summed E-state index contributed by atoms with van der Waals surface area (Å²) in [4.78, 5) is 19.7. The molecule has 0 saturated carbocycles. The number of piperidine rings is 1. The van der Waals surface area contributed by atoms with Gasteiger partial charge in [0.05, 0.1) is 21.7 Å². The molecule has 1 amide bonds. The SMILES string of the molecule is O=C(Nc1ccc(-c2nc3ccccc3s2)cc1)C1CCN([C@H]2CCS(=O)(=O)C2)CC1. The number of hydrogen-bond acceptors (Lipinski definition) is 6. The Balaban J connectivity index is 1.17. The average molecular weight is 456 g/mol. The van der Waals surface area contributed by atoms with Crippen LogP contribution >= 0.6 is 11.3 Å². The Labute approximate surface area is 186 Å². The monoisotopic (exact) mass is 455 g/mol. The van der Waals surface area contributed by atoms with E-state index in [9.17, 15) is 13.2 Å². The number of nitrogens with zero attached hydrogens (tertiary/aromatic N) is 2. The number of aromatic nitrogens is 1. The molecule has 8 heteroatoms. The van der Waals surface area contributed by atoms with E-state index in [0.717, 1.165) is 58.8 Å². The van der Waals surface area contributed by atoms with E-state index in [1.807, 2.05) is 42.5 Å². The Morgan fingerprint density at radius 1 is 1.03 bits per heavy atom. The zero-order chi connectivity index (χ0) is 21.4. The zero-order valence-electron chi connectivity index (χ0n) is 17.2. The third kappa shape index (κ3) is 4.51. The summed E-state index contributed by atoms with van der Waals surface area (Å²) < 4.78 is 24.6. The van der Waals surface area contributed by atoms with E-state index < -0.39 is 9.84 Å². The van der Waals surface area contributed by atoms with Crippen LogP contribution in [0.3, 0.4) is 0 Å². The number of carbonyl (C=O) groups is 1. The molecular weight excluding hydrogens is 430 g/mol. The van der Waals surface area contributed by atoms with Crippen LogP contribution in [0.1, 0.15) is 19.3 Å². The van der Waals surface area contributed by atoms with Gasteiger partial charge in [-0.05, 0) is 68.8 Å². The molecule has 2 saturated heterocycles. The van der Waals surface area contributed by atoms with Crippen molar-refractivity contribution in [2.24, 2.45) is 5.92 Å². The number of sulfone groups is 1. The van der Waals surface area contributed by atoms with E-state index in [4.69, 9.17) is 0 Å². The number of anilines is 1. The highest BCUT2D eigenvalue weighted by Crippen LogP contribution is 2.31. The normalized spacial score (nSPS) is 22.0. The molecule has 2 aliphatic heterocycles. The van der Waals surface area contributed by atoms with Gasteiger partial charge in [0.15, 0.2) is 9.84 Å². The van der Waals surface area contributed by atoms with Gasteiger partial charge in [-0.3, -0.25) is 9.69 Å². The number of nitrogens with one attached hydrogen (secondary N) is 1. The molecule has 5 rings (SSSR count). The Morgan fingerprint density at radius 3 is 2.45 bits per heavy atom. The molecular formula is C23H25N3O3S2. The first-order valence-electron chi connectivity index (χ1n) is 10.7. The first kappa shape index (κ1) is 20.6. The molecule has 0 aliphatic carbocycles. The number of carbonyl (C=O) groups excluding carboxylic acids is 1. The summed E-state index contributed by atoms with van der Waals surface area (Å²) in [6.45, 7) is 1.57. The average Bonchev–Trinajstić information content (AvgIpc) is 3.37. The van der Waals surface area contributed by atoms with Crippen LogP contribution in [-0.2, 0) is 14.6 Å². The molecule has 2 aliphatic rings. The van der Waals surface area contributed by atoms with E-state index in [2.05, 4.69) is 21.3 Å². The second-order valence-corrected chi connectivity index (χ2v) is 11.7. The predicted molar refractivity (Wildman–Crippen MR) is 125 cm³/mol. The van der Waals surface area contributed by atoms with Crippen LogP contribution < -0.4 is 5.32 Å². The van der Waals surface area contributed by atoms with Crippen molar-refractivity contribution in [3.05, 3.63) is 48.5 Å². The highest BCUT2D eigenvalue weighted by molar-refractivity contribution is 7.91. The van der Waals surface area contributed by atoms with Crippen LogP contribution in [-0.4, -0.2) is 54.8 Å². The quantitative estimate of drug-likeness (QED) is 0.647. The maximum atomic E-state index is 12.7. The minimum Gasteiger partial charge on any atom is -0.326 e. The van der Waals surface area contributed by atoms with Crippen LogP contribution in [0.15, 0.2) is 48.5 Å². The molecule has 0 spiro atoms. The van der Waals surface area contributed by atoms with Crippen LogP contribution in [0.25, 0.3) is 20.8 Å². The lowest BCUT2D eigenvalue weighted by Crippen LogP contribution is -2.44. The summed E-state index contributed by atoms with van der Waals surface area (Å²) in [6.07, 6.45) is 2.26. The second kappa shape index (κ2) is 8.33. The van der Waals surface area contributed by atoms with Gasteiger partial charge in [0, 0.05) is 23.2 Å². The summed E-state index contributed by atoms with van der Waals surface area (Å²) in [7, 11) is -2.87. The van der Waals surface area contributed by atoms with E-state index in [0.29, 0.717) is 5.75 Å². The van der Waals surface area contributed by atoms with E-state index in [1.54, 1.807) is 11.3 Å². The van der Waals surface area contributed by atoms with Crippen molar-refractivity contribution in [1.82, 2.24) is 9.88 Å². The minimum atomic E-state index is -2.87. The van der Waals surface area contributed by atoms with Crippen LogP contribution in [0.5, 0.6) is 0 Å². The lowest BCUT2D eigenvalue weighted by molar-refractivity contribution is -0.121. The van der Waals surface area contributed by atoms with Crippen molar-refractivity contribution in [3.8, 4) is 10.6 Å². The number of hydrogen-bond donors (Lipinski definition) is 1. The van der Waals surface area contributed by atoms with Gasteiger partial charge in [-0.2, -0.15) is 0 Å². The summed E-state index contributed by atoms with van der Waals surface area (Å²) in [5.41, 5.74) is 2.83. The van der Waals surface area contributed by atoms with E-state index >= 15 is 0 Å². The minimum absolute atomic E-state index is 0.0294. The van der Waals surface area contributed by atoms with Crippen molar-refractivity contribution in [3.63, 3.8) is 0 Å². The topological polar surface area (TPSA) is 79.4 Å². The summed E-state index contributed by atoms with van der Waals surface area (Å²) in [6, 6.07) is 16.1. The molecule has 1 N–H and O–H groups in total. The fourth-order valence-corrected chi connectivity index (χ4v) is 7.26. The van der Waals surface area contributed by atoms with Crippen LogP contribution in [0, 0.1) is 5.92 Å². The van der Waals surface area contributed by atoms with Gasteiger partial charge in [-0.25, -0.2) is 13.4 Å². The first-order valence-corrected chi connectivity index (χ1v) is 13.3. The van der Waals surface area contributed by atoms with Gasteiger partial charge >= 0.3 is 0 Å². The molecule has 6 nitrogen and oxygen atoms in total. The molecule has 162 valence electrons. The fraction of sp³-hybridized carbons (Fsp3) is 0.391. The first-order chi connectivity index (χ1) is 15.0. The van der Waals surface area contributed by atoms with Crippen molar-refractivity contribution < 1.29 is 13.2 Å². The Hall–Kier alpha value is -2.29. The number of benzene rings is 2. The van der Waals surface area contributed by atoms with Gasteiger partial charge in [0.25, 0.3) is 0 Å². The third-order valence-corrected chi connectivity index (χ3v) is 9.15. The second-order valence-electron chi connectivity index (χ2n) is 8.42. The lowest BCUT2D eigenvalue weighted by Gasteiger charge is -2.34. The molecule has 0 radical (unpaired) electrons. The standard InChI is InChI=1S/C23H25N3O3S2/c27-22(16-9-12-26(13-10-16)19-11-14-31(28,29)15-19)24-18-7-5-17(6-8-18)23-25-20-3-1-2-4-21(20)30-23/h1-8,16,19H,9-15H2,(H,24,27)/t19-/m0/s1. The van der Waals surface area contributed by atoms with Gasteiger partial charge in [-0.1, -0.05) is 12.1 Å². The number of rotatable bonds is 4. The number of thiazole rings is 1. The largest absolute Gasteiger partial charge is 0.326 e. The molecule has 2 aromatic carbocycles. The molecule has 3 heterocycles. The van der Waals surface area contributed by atoms with E-state index in [1.165, 1.54) is 0 Å². The number of para-hydroxylation sites is 1. The van der Waals surface area contributed by atoms with E-state index in [-0.39, 0.29) is 23.6 Å². The molecule has 0 bridgehead atoms. The lowest BCUT2D eigenvalue weighted by atomic mass is 9.94. The Kier molecular flexibility index (Phi) is 5.54. The van der Waals surface area contributed by atoms with Crippen molar-refractivity contribution >= 4 is 43.0 Å².